The van der Waals surface area contributed by atoms with Gasteiger partial charge in [-0.1, -0.05) is 23.7 Å². The molecule has 8 heteroatoms. The number of amides is 3. The molecule has 1 aromatic carbocycles. The largest absolute Gasteiger partial charge is 0.491 e. The van der Waals surface area contributed by atoms with Crippen LogP contribution in [0.1, 0.15) is 20.8 Å². The van der Waals surface area contributed by atoms with E-state index in [0.29, 0.717) is 17.4 Å². The zero-order chi connectivity index (χ0) is 19.9. The number of carbonyl (C=O) groups is 2. The Hall–Kier alpha value is -1.83. The lowest BCUT2D eigenvalue weighted by Crippen LogP contribution is -2.53. The van der Waals surface area contributed by atoms with Crippen molar-refractivity contribution < 1.29 is 14.3 Å². The van der Waals surface area contributed by atoms with Crippen molar-refractivity contribution in [1.82, 2.24) is 20.4 Å². The molecule has 0 bridgehead atoms. The van der Waals surface area contributed by atoms with E-state index in [9.17, 15) is 9.59 Å². The first-order valence-corrected chi connectivity index (χ1v) is 9.55. The summed E-state index contributed by atoms with van der Waals surface area (Å²) < 4.78 is 5.72. The Bertz CT molecular complexity index is 640. The fourth-order valence-corrected chi connectivity index (χ4v) is 2.95. The van der Waals surface area contributed by atoms with E-state index < -0.39 is 6.03 Å². The van der Waals surface area contributed by atoms with Crippen LogP contribution in [0.5, 0.6) is 5.75 Å². The lowest BCUT2D eigenvalue weighted by atomic mass is 10.1. The van der Waals surface area contributed by atoms with E-state index in [1.54, 1.807) is 0 Å². The third-order valence-electron chi connectivity index (χ3n) is 4.08. The van der Waals surface area contributed by atoms with Crippen LogP contribution in [-0.4, -0.2) is 73.2 Å². The van der Waals surface area contributed by atoms with Crippen molar-refractivity contribution in [3.63, 3.8) is 0 Å². The van der Waals surface area contributed by atoms with Crippen LogP contribution in [0.4, 0.5) is 4.79 Å². The first-order chi connectivity index (χ1) is 12.7. The summed E-state index contributed by atoms with van der Waals surface area (Å²) in [5.74, 6) is 0.412. The van der Waals surface area contributed by atoms with Crippen LogP contribution in [0.3, 0.4) is 0 Å². The van der Waals surface area contributed by atoms with Crippen LogP contribution in [0, 0.1) is 0 Å². The molecule has 1 saturated heterocycles. The number of hydrogen-bond acceptors (Lipinski definition) is 5. The Morgan fingerprint density at radius 3 is 2.37 bits per heavy atom. The van der Waals surface area contributed by atoms with E-state index in [-0.39, 0.29) is 18.0 Å². The molecule has 0 saturated carbocycles. The molecule has 0 aromatic heterocycles. The molecule has 0 radical (unpaired) electrons. The smallest absolute Gasteiger partial charge is 0.321 e. The summed E-state index contributed by atoms with van der Waals surface area (Å²) in [6.45, 7) is 10.5. The highest BCUT2D eigenvalue weighted by atomic mass is 35.5. The number of hydrogen-bond donors (Lipinski definition) is 2. The zero-order valence-electron chi connectivity index (χ0n) is 16.3. The molecule has 2 rings (SSSR count). The minimum atomic E-state index is -0.456. The van der Waals surface area contributed by atoms with E-state index in [1.165, 1.54) is 0 Å². The number of halogens is 1. The summed E-state index contributed by atoms with van der Waals surface area (Å²) in [4.78, 5) is 28.1. The van der Waals surface area contributed by atoms with Crippen LogP contribution in [0.25, 0.3) is 0 Å². The molecule has 7 nitrogen and oxygen atoms in total. The number of para-hydroxylation sites is 1. The van der Waals surface area contributed by atoms with Gasteiger partial charge in [-0.15, -0.1) is 0 Å². The minimum absolute atomic E-state index is 0.224. The van der Waals surface area contributed by atoms with Crippen molar-refractivity contribution in [3.05, 3.63) is 29.3 Å². The highest BCUT2D eigenvalue weighted by Crippen LogP contribution is 2.22. The molecule has 1 aromatic rings. The molecule has 0 spiro atoms. The Balaban J connectivity index is 1.63. The fourth-order valence-electron chi connectivity index (χ4n) is 2.76. The van der Waals surface area contributed by atoms with Crippen LogP contribution in [0.2, 0.25) is 5.02 Å². The van der Waals surface area contributed by atoms with E-state index in [2.05, 4.69) is 15.5 Å². The molecule has 1 aliphatic heterocycles. The first-order valence-electron chi connectivity index (χ1n) is 9.17. The first kappa shape index (κ1) is 21.5. The van der Waals surface area contributed by atoms with Gasteiger partial charge in [-0.25, -0.2) is 4.79 Å². The molecular weight excluding hydrogens is 368 g/mol. The van der Waals surface area contributed by atoms with Gasteiger partial charge in [0, 0.05) is 38.3 Å². The van der Waals surface area contributed by atoms with Gasteiger partial charge in [0.1, 0.15) is 12.4 Å². The maximum Gasteiger partial charge on any atom is 0.321 e. The number of benzene rings is 1. The molecule has 1 fully saturated rings. The molecule has 2 N–H and O–H groups in total. The quantitative estimate of drug-likeness (QED) is 0.769. The molecular formula is C19H29ClN4O3. The molecule has 3 amide bonds. The Morgan fingerprint density at radius 1 is 1.11 bits per heavy atom. The van der Waals surface area contributed by atoms with Crippen LogP contribution < -0.4 is 15.4 Å². The third-order valence-corrected chi connectivity index (χ3v) is 4.39. The second kappa shape index (κ2) is 9.92. The van der Waals surface area contributed by atoms with Gasteiger partial charge in [0.25, 0.3) is 0 Å². The average molecular weight is 397 g/mol. The maximum absolute atomic E-state index is 12.0. The van der Waals surface area contributed by atoms with Gasteiger partial charge < -0.3 is 10.1 Å². The highest BCUT2D eigenvalue weighted by molar-refractivity contribution is 6.32. The van der Waals surface area contributed by atoms with E-state index in [4.69, 9.17) is 16.3 Å². The van der Waals surface area contributed by atoms with Crippen molar-refractivity contribution in [2.45, 2.75) is 26.3 Å². The molecule has 150 valence electrons. The van der Waals surface area contributed by atoms with Crippen LogP contribution >= 0.6 is 11.6 Å². The summed E-state index contributed by atoms with van der Waals surface area (Å²) in [5.41, 5.74) is -0.373. The molecule has 1 aliphatic rings. The summed E-state index contributed by atoms with van der Waals surface area (Å²) in [7, 11) is 0. The zero-order valence-corrected chi connectivity index (χ0v) is 17.0. The van der Waals surface area contributed by atoms with Gasteiger partial charge in [0.15, 0.2) is 0 Å². The summed E-state index contributed by atoms with van der Waals surface area (Å²) in [5, 5.41) is 5.70. The normalized spacial score (nSPS) is 16.0. The van der Waals surface area contributed by atoms with Gasteiger partial charge in [0.2, 0.25) is 5.91 Å². The second-order valence-electron chi connectivity index (χ2n) is 7.65. The third kappa shape index (κ3) is 8.15. The van der Waals surface area contributed by atoms with Crippen LogP contribution in [0.15, 0.2) is 24.3 Å². The molecule has 0 unspecified atom stereocenters. The average Bonchev–Trinajstić information content (AvgIpc) is 2.56. The number of nitrogens with zero attached hydrogens (tertiary/aromatic N) is 2. The Morgan fingerprint density at radius 2 is 1.74 bits per heavy atom. The second-order valence-corrected chi connectivity index (χ2v) is 8.06. The van der Waals surface area contributed by atoms with Crippen LogP contribution in [-0.2, 0) is 4.79 Å². The summed E-state index contributed by atoms with van der Waals surface area (Å²) >= 11 is 6.07. The SMILES string of the molecule is CC(C)(C)NC(=O)NC(=O)CN1CCN(CCOc2ccccc2Cl)CC1. The Kier molecular flexibility index (Phi) is 7.89. The number of imide groups is 1. The molecule has 0 atom stereocenters. The standard InChI is InChI=1S/C19H29ClN4O3/c1-19(2,3)22-18(26)21-17(25)14-24-10-8-23(9-11-24)12-13-27-16-7-5-4-6-15(16)20/h4-7H,8-14H2,1-3H3,(H2,21,22,25,26). The summed E-state index contributed by atoms with van der Waals surface area (Å²) in [6, 6.07) is 6.98. The van der Waals surface area contributed by atoms with Gasteiger partial charge in [-0.2, -0.15) is 0 Å². The number of piperazine rings is 1. The van der Waals surface area contributed by atoms with Gasteiger partial charge in [0.05, 0.1) is 11.6 Å². The predicted octanol–water partition coefficient (Wildman–Crippen LogP) is 1.96. The van der Waals surface area contributed by atoms with Crippen molar-refractivity contribution >= 4 is 23.5 Å². The minimum Gasteiger partial charge on any atom is -0.491 e. The van der Waals surface area contributed by atoms with Gasteiger partial charge in [-0.3, -0.25) is 19.9 Å². The summed E-state index contributed by atoms with van der Waals surface area (Å²) in [6.07, 6.45) is 0. The van der Waals surface area contributed by atoms with Gasteiger partial charge >= 0.3 is 6.03 Å². The number of carbonyl (C=O) groups excluding carboxylic acids is 2. The van der Waals surface area contributed by atoms with Crippen molar-refractivity contribution in [3.8, 4) is 5.75 Å². The molecule has 0 aliphatic carbocycles. The number of urea groups is 1. The number of ether oxygens (including phenoxy) is 1. The lowest BCUT2D eigenvalue weighted by molar-refractivity contribution is -0.121. The number of rotatable bonds is 6. The fraction of sp³-hybridized carbons (Fsp3) is 0.579. The van der Waals surface area contributed by atoms with Gasteiger partial charge in [-0.05, 0) is 32.9 Å². The lowest BCUT2D eigenvalue weighted by Gasteiger charge is -2.34. The monoisotopic (exact) mass is 396 g/mol. The molecule has 1 heterocycles. The number of nitrogens with one attached hydrogen (secondary N) is 2. The van der Waals surface area contributed by atoms with E-state index in [0.717, 1.165) is 32.7 Å². The van der Waals surface area contributed by atoms with E-state index in [1.807, 2.05) is 49.9 Å². The van der Waals surface area contributed by atoms with Crippen molar-refractivity contribution in [2.75, 3.05) is 45.9 Å². The Labute approximate surface area is 166 Å². The highest BCUT2D eigenvalue weighted by Gasteiger charge is 2.21. The van der Waals surface area contributed by atoms with Crippen molar-refractivity contribution in [2.24, 2.45) is 0 Å². The topological polar surface area (TPSA) is 73.9 Å². The van der Waals surface area contributed by atoms with E-state index >= 15 is 0 Å². The molecule has 27 heavy (non-hydrogen) atoms. The predicted molar refractivity (Wildman–Crippen MR) is 106 cm³/mol. The maximum atomic E-state index is 12.0. The van der Waals surface area contributed by atoms with Crippen molar-refractivity contribution in [1.29, 1.82) is 0 Å².